The molecule has 0 unspecified atom stereocenters. The molecule has 0 amide bonds. The molecule has 0 heterocycles. The number of methoxy groups -OCH3 is 1. The van der Waals surface area contributed by atoms with E-state index in [0.717, 1.165) is 17.2 Å². The molecule has 0 saturated carbocycles. The van der Waals surface area contributed by atoms with Gasteiger partial charge in [-0.2, -0.15) is 0 Å². The Bertz CT molecular complexity index is 1220. The topological polar surface area (TPSA) is 79.7 Å². The Hall–Kier alpha value is -4.12. The smallest absolute Gasteiger partial charge is 0.145 e. The fraction of sp³-hybridized carbons (Fsp3) is 0.143. The van der Waals surface area contributed by atoms with Gasteiger partial charge in [-0.3, -0.25) is 0 Å². The largest absolute Gasteiger partial charge is 0.494 e. The first-order valence-electron chi connectivity index (χ1n) is 10.7. The van der Waals surface area contributed by atoms with E-state index in [2.05, 4.69) is 38.1 Å². The van der Waals surface area contributed by atoms with Crippen molar-refractivity contribution in [3.8, 4) is 28.7 Å². The summed E-state index contributed by atoms with van der Waals surface area (Å²) in [6.45, 7) is 4.40. The van der Waals surface area contributed by atoms with Crippen molar-refractivity contribution in [2.45, 2.75) is 19.3 Å². The molecule has 0 atom stereocenters. The number of hydrogen-bond donors (Lipinski definition) is 2. The molecule has 4 aromatic rings. The third-order valence-corrected chi connectivity index (χ3v) is 5.71. The maximum absolute atomic E-state index is 5.97. The zero-order chi connectivity index (χ0) is 23.4. The fourth-order valence-corrected chi connectivity index (χ4v) is 3.61. The van der Waals surface area contributed by atoms with Gasteiger partial charge in [-0.25, -0.2) is 0 Å². The molecule has 0 spiro atoms. The highest BCUT2D eigenvalue weighted by atomic mass is 16.5. The summed E-state index contributed by atoms with van der Waals surface area (Å²) in [5, 5.41) is 0. The summed E-state index contributed by atoms with van der Waals surface area (Å²) in [7, 11) is 1.59. The molecule has 168 valence electrons. The van der Waals surface area contributed by atoms with Crippen molar-refractivity contribution >= 4 is 11.4 Å². The monoisotopic (exact) mass is 440 g/mol. The normalized spacial score (nSPS) is 11.1. The molecule has 0 saturated heterocycles. The highest BCUT2D eigenvalue weighted by molar-refractivity contribution is 5.56. The van der Waals surface area contributed by atoms with Gasteiger partial charge in [0.1, 0.15) is 28.7 Å². The minimum Gasteiger partial charge on any atom is -0.494 e. The lowest BCUT2D eigenvalue weighted by molar-refractivity contribution is 0.411. The van der Waals surface area contributed by atoms with Crippen LogP contribution in [0.2, 0.25) is 0 Å². The van der Waals surface area contributed by atoms with Crippen LogP contribution in [0.25, 0.3) is 0 Å². The van der Waals surface area contributed by atoms with Crippen molar-refractivity contribution in [1.82, 2.24) is 0 Å². The first-order valence-corrected chi connectivity index (χ1v) is 10.7. The molecule has 0 aliphatic heterocycles. The van der Waals surface area contributed by atoms with Crippen LogP contribution in [-0.2, 0) is 5.41 Å². The van der Waals surface area contributed by atoms with Gasteiger partial charge in [0, 0.05) is 17.2 Å². The second-order valence-corrected chi connectivity index (χ2v) is 8.35. The zero-order valence-corrected chi connectivity index (χ0v) is 19.0. The SMILES string of the molecule is COc1cc(Oc2ccc(C(C)(C)c3ccc(Oc4ccc(N)cc4)cc3)cc2)ccc1N. The lowest BCUT2D eigenvalue weighted by Crippen LogP contribution is -2.18. The summed E-state index contributed by atoms with van der Waals surface area (Å²) < 4.78 is 17.1. The predicted molar refractivity (Wildman–Crippen MR) is 133 cm³/mol. The summed E-state index contributed by atoms with van der Waals surface area (Å²) in [6, 6.07) is 29.0. The molecule has 5 heteroatoms. The predicted octanol–water partition coefficient (Wildman–Crippen LogP) is 6.77. The van der Waals surface area contributed by atoms with Gasteiger partial charge in [-0.05, 0) is 71.8 Å². The summed E-state index contributed by atoms with van der Waals surface area (Å²) in [5.74, 6) is 3.54. The van der Waals surface area contributed by atoms with Crippen molar-refractivity contribution < 1.29 is 14.2 Å². The van der Waals surface area contributed by atoms with E-state index in [0.29, 0.717) is 22.9 Å². The molecular weight excluding hydrogens is 412 g/mol. The van der Waals surface area contributed by atoms with Gasteiger partial charge < -0.3 is 25.7 Å². The van der Waals surface area contributed by atoms with E-state index in [1.165, 1.54) is 11.1 Å². The molecule has 0 aliphatic carbocycles. The standard InChI is InChI=1S/C28H28N2O3/c1-28(2,19-4-10-22(11-5-19)32-24-14-8-21(29)9-15-24)20-6-12-23(13-7-20)33-25-16-17-26(30)27(18-25)31-3/h4-18H,29-30H2,1-3H3. The molecule has 0 fully saturated rings. The van der Waals surface area contributed by atoms with E-state index in [9.17, 15) is 0 Å². The van der Waals surface area contributed by atoms with E-state index >= 15 is 0 Å². The van der Waals surface area contributed by atoms with Crippen LogP contribution in [0, 0.1) is 0 Å². The number of hydrogen-bond acceptors (Lipinski definition) is 5. The van der Waals surface area contributed by atoms with Gasteiger partial charge >= 0.3 is 0 Å². The summed E-state index contributed by atoms with van der Waals surface area (Å²) >= 11 is 0. The summed E-state index contributed by atoms with van der Waals surface area (Å²) in [4.78, 5) is 0. The number of ether oxygens (including phenoxy) is 3. The molecule has 4 N–H and O–H groups in total. The maximum Gasteiger partial charge on any atom is 0.145 e. The molecule has 0 aromatic heterocycles. The molecule has 4 rings (SSSR count). The van der Waals surface area contributed by atoms with Gasteiger partial charge in [0.15, 0.2) is 0 Å². The van der Waals surface area contributed by atoms with Crippen LogP contribution in [0.1, 0.15) is 25.0 Å². The molecule has 0 bridgehead atoms. The molecular formula is C28H28N2O3. The van der Waals surface area contributed by atoms with E-state index in [-0.39, 0.29) is 5.41 Å². The second kappa shape index (κ2) is 9.17. The van der Waals surface area contributed by atoms with Crippen LogP contribution in [-0.4, -0.2) is 7.11 Å². The lowest BCUT2D eigenvalue weighted by atomic mass is 9.78. The van der Waals surface area contributed by atoms with Crippen LogP contribution in [0.5, 0.6) is 28.7 Å². The minimum atomic E-state index is -0.192. The number of nitrogens with two attached hydrogens (primary N) is 2. The van der Waals surface area contributed by atoms with Gasteiger partial charge in [0.2, 0.25) is 0 Å². The van der Waals surface area contributed by atoms with Crippen LogP contribution >= 0.6 is 0 Å². The Balaban J connectivity index is 1.47. The van der Waals surface area contributed by atoms with Crippen molar-refractivity contribution in [3.05, 3.63) is 102 Å². The molecule has 5 nitrogen and oxygen atoms in total. The highest BCUT2D eigenvalue weighted by Crippen LogP contribution is 2.35. The molecule has 4 aromatic carbocycles. The molecule has 0 aliphatic rings. The third-order valence-electron chi connectivity index (χ3n) is 5.71. The molecule has 33 heavy (non-hydrogen) atoms. The van der Waals surface area contributed by atoms with E-state index < -0.39 is 0 Å². The van der Waals surface area contributed by atoms with E-state index in [4.69, 9.17) is 25.7 Å². The highest BCUT2D eigenvalue weighted by Gasteiger charge is 2.23. The van der Waals surface area contributed by atoms with Crippen molar-refractivity contribution in [1.29, 1.82) is 0 Å². The minimum absolute atomic E-state index is 0.192. The van der Waals surface area contributed by atoms with Gasteiger partial charge in [-0.1, -0.05) is 38.1 Å². The lowest BCUT2D eigenvalue weighted by Gasteiger charge is -2.26. The van der Waals surface area contributed by atoms with Gasteiger partial charge in [0.25, 0.3) is 0 Å². The summed E-state index contributed by atoms with van der Waals surface area (Å²) in [6.07, 6.45) is 0. The van der Waals surface area contributed by atoms with E-state index in [1.54, 1.807) is 19.2 Å². The average Bonchev–Trinajstić information content (AvgIpc) is 2.82. The molecule has 0 radical (unpaired) electrons. The number of nitrogen functional groups attached to an aromatic ring is 2. The first-order chi connectivity index (χ1) is 15.8. The van der Waals surface area contributed by atoms with Crippen LogP contribution < -0.4 is 25.7 Å². The first kappa shape index (κ1) is 22.1. The quantitative estimate of drug-likeness (QED) is 0.310. The van der Waals surface area contributed by atoms with Gasteiger partial charge in [-0.15, -0.1) is 0 Å². The Morgan fingerprint density at radius 2 is 1.00 bits per heavy atom. The van der Waals surface area contributed by atoms with Gasteiger partial charge in [0.05, 0.1) is 12.8 Å². The average molecular weight is 441 g/mol. The van der Waals surface area contributed by atoms with Crippen LogP contribution in [0.15, 0.2) is 91.0 Å². The third kappa shape index (κ3) is 5.04. The Labute approximate surface area is 194 Å². The van der Waals surface area contributed by atoms with Crippen molar-refractivity contribution in [3.63, 3.8) is 0 Å². The Morgan fingerprint density at radius 3 is 1.48 bits per heavy atom. The zero-order valence-electron chi connectivity index (χ0n) is 19.0. The second-order valence-electron chi connectivity index (χ2n) is 8.35. The van der Waals surface area contributed by atoms with Crippen molar-refractivity contribution in [2.75, 3.05) is 18.6 Å². The Kier molecular flexibility index (Phi) is 6.13. The number of benzene rings is 4. The summed E-state index contributed by atoms with van der Waals surface area (Å²) in [5.41, 5.74) is 15.1. The Morgan fingerprint density at radius 1 is 0.576 bits per heavy atom. The number of anilines is 2. The van der Waals surface area contributed by atoms with Crippen LogP contribution in [0.3, 0.4) is 0 Å². The van der Waals surface area contributed by atoms with Crippen LogP contribution in [0.4, 0.5) is 11.4 Å². The maximum atomic E-state index is 5.97. The van der Waals surface area contributed by atoms with Crippen molar-refractivity contribution in [2.24, 2.45) is 0 Å². The van der Waals surface area contributed by atoms with E-state index in [1.807, 2.05) is 54.6 Å². The fourth-order valence-electron chi connectivity index (χ4n) is 3.61. The number of rotatable bonds is 7.